The Kier molecular flexibility index (Phi) is 5.16. The van der Waals surface area contributed by atoms with E-state index in [1.54, 1.807) is 19.1 Å². The fraction of sp³-hybridized carbons (Fsp3) is 0.588. The molecule has 1 amide bonds. The average Bonchev–Trinajstić information content (AvgIpc) is 2.44. The van der Waals surface area contributed by atoms with E-state index in [0.717, 1.165) is 18.8 Å². The molecule has 0 heterocycles. The number of hydrogen-bond donors (Lipinski definition) is 1. The van der Waals surface area contributed by atoms with E-state index < -0.39 is 0 Å². The Morgan fingerprint density at radius 3 is 2.60 bits per heavy atom. The zero-order chi connectivity index (χ0) is 14.5. The fourth-order valence-electron chi connectivity index (χ4n) is 3.06. The van der Waals surface area contributed by atoms with Crippen molar-refractivity contribution in [1.29, 1.82) is 0 Å². The van der Waals surface area contributed by atoms with Crippen LogP contribution in [0, 0.1) is 18.7 Å². The third-order valence-corrected chi connectivity index (χ3v) is 4.30. The summed E-state index contributed by atoms with van der Waals surface area (Å²) in [5.74, 6) is 0.495. The highest BCUT2D eigenvalue weighted by Crippen LogP contribution is 2.27. The monoisotopic (exact) mass is 277 g/mol. The zero-order valence-electron chi connectivity index (χ0n) is 12.4. The lowest BCUT2D eigenvalue weighted by atomic mass is 9.83. The third-order valence-electron chi connectivity index (χ3n) is 4.30. The van der Waals surface area contributed by atoms with Gasteiger partial charge >= 0.3 is 0 Å². The summed E-state index contributed by atoms with van der Waals surface area (Å²) in [5.41, 5.74) is 1.07. The summed E-state index contributed by atoms with van der Waals surface area (Å²) < 4.78 is 13.2. The van der Waals surface area contributed by atoms with Crippen LogP contribution in [0.1, 0.15) is 61.4 Å². The number of amides is 1. The Morgan fingerprint density at radius 2 is 2.00 bits per heavy atom. The molecule has 0 aromatic heterocycles. The first-order valence-corrected chi connectivity index (χ1v) is 7.67. The Balaban J connectivity index is 1.87. The molecule has 2 nitrogen and oxygen atoms in total. The molecule has 0 radical (unpaired) electrons. The molecule has 0 spiro atoms. The van der Waals surface area contributed by atoms with Crippen molar-refractivity contribution in [1.82, 2.24) is 5.32 Å². The van der Waals surface area contributed by atoms with Crippen LogP contribution in [0.5, 0.6) is 0 Å². The largest absolute Gasteiger partial charge is 0.349 e. The molecule has 1 N–H and O–H groups in total. The minimum Gasteiger partial charge on any atom is -0.349 e. The summed E-state index contributed by atoms with van der Waals surface area (Å²) in [6, 6.07) is 4.82. The van der Waals surface area contributed by atoms with Crippen molar-refractivity contribution in [2.75, 3.05) is 0 Å². The Labute approximate surface area is 120 Å². The van der Waals surface area contributed by atoms with E-state index in [4.69, 9.17) is 0 Å². The maximum Gasteiger partial charge on any atom is 0.251 e. The number of rotatable bonds is 4. The molecule has 0 saturated heterocycles. The number of carbonyl (C=O) groups excluding carboxylic acids is 1. The van der Waals surface area contributed by atoms with Gasteiger partial charge in [-0.05, 0) is 62.3 Å². The Morgan fingerprint density at radius 1 is 1.30 bits per heavy atom. The lowest BCUT2D eigenvalue weighted by Crippen LogP contribution is -2.37. The Hall–Kier alpha value is -1.38. The predicted molar refractivity (Wildman–Crippen MR) is 79.3 cm³/mol. The van der Waals surface area contributed by atoms with Gasteiger partial charge in [0.2, 0.25) is 0 Å². The molecule has 0 atom stereocenters. The van der Waals surface area contributed by atoms with Gasteiger partial charge in [-0.25, -0.2) is 4.39 Å². The van der Waals surface area contributed by atoms with E-state index >= 15 is 0 Å². The number of hydrogen-bond acceptors (Lipinski definition) is 1. The molecular weight excluding hydrogens is 253 g/mol. The van der Waals surface area contributed by atoms with Crippen molar-refractivity contribution in [3.63, 3.8) is 0 Å². The van der Waals surface area contributed by atoms with Crippen LogP contribution in [0.4, 0.5) is 4.39 Å². The van der Waals surface area contributed by atoms with E-state index in [1.165, 1.54) is 31.7 Å². The normalized spacial score (nSPS) is 22.6. The minimum absolute atomic E-state index is 0.0768. The van der Waals surface area contributed by atoms with Crippen molar-refractivity contribution >= 4 is 5.91 Å². The standard InChI is InChI=1S/C17H24FNO/c1-3-4-13-5-8-15(9-6-13)19-17(20)14-7-10-16(18)12(2)11-14/h7,10-11,13,15H,3-6,8-9H2,1-2H3,(H,19,20). The number of nitrogens with one attached hydrogen (secondary N) is 1. The molecular formula is C17H24FNO. The quantitative estimate of drug-likeness (QED) is 0.877. The highest BCUT2D eigenvalue weighted by molar-refractivity contribution is 5.94. The van der Waals surface area contributed by atoms with Gasteiger partial charge in [0, 0.05) is 11.6 Å². The van der Waals surface area contributed by atoms with Crippen LogP contribution >= 0.6 is 0 Å². The number of halogens is 1. The number of benzene rings is 1. The van der Waals surface area contributed by atoms with Crippen molar-refractivity contribution in [2.24, 2.45) is 5.92 Å². The smallest absolute Gasteiger partial charge is 0.251 e. The zero-order valence-corrected chi connectivity index (χ0v) is 12.4. The molecule has 110 valence electrons. The first-order valence-electron chi connectivity index (χ1n) is 7.67. The van der Waals surface area contributed by atoms with E-state index in [9.17, 15) is 9.18 Å². The van der Waals surface area contributed by atoms with Crippen molar-refractivity contribution in [3.8, 4) is 0 Å². The number of aryl methyl sites for hydroxylation is 1. The van der Waals surface area contributed by atoms with Crippen LogP contribution < -0.4 is 5.32 Å². The molecule has 1 aromatic rings. The molecule has 1 saturated carbocycles. The van der Waals surface area contributed by atoms with Gasteiger partial charge in [-0.1, -0.05) is 19.8 Å². The van der Waals surface area contributed by atoms with Gasteiger partial charge in [0.15, 0.2) is 0 Å². The first kappa shape index (κ1) is 15.0. The molecule has 0 bridgehead atoms. The second-order valence-corrected chi connectivity index (χ2v) is 5.94. The van der Waals surface area contributed by atoms with Crippen LogP contribution in [-0.2, 0) is 0 Å². The highest BCUT2D eigenvalue weighted by atomic mass is 19.1. The fourth-order valence-corrected chi connectivity index (χ4v) is 3.06. The van der Waals surface area contributed by atoms with Crippen molar-refractivity contribution in [3.05, 3.63) is 35.1 Å². The van der Waals surface area contributed by atoms with E-state index in [1.807, 2.05) is 0 Å². The predicted octanol–water partition coefficient (Wildman–Crippen LogP) is 4.22. The molecule has 1 aromatic carbocycles. The summed E-state index contributed by atoms with van der Waals surface area (Å²) in [4.78, 5) is 12.2. The molecule has 1 aliphatic carbocycles. The van der Waals surface area contributed by atoms with Gasteiger partial charge in [-0.2, -0.15) is 0 Å². The van der Waals surface area contributed by atoms with Crippen molar-refractivity contribution in [2.45, 2.75) is 58.4 Å². The third kappa shape index (κ3) is 3.81. The minimum atomic E-state index is -0.262. The molecule has 3 heteroatoms. The van der Waals surface area contributed by atoms with E-state index in [-0.39, 0.29) is 17.8 Å². The first-order chi connectivity index (χ1) is 9.60. The van der Waals surface area contributed by atoms with Crippen LogP contribution in [0.2, 0.25) is 0 Å². The maximum atomic E-state index is 13.2. The molecule has 1 fully saturated rings. The summed E-state index contributed by atoms with van der Waals surface area (Å²) >= 11 is 0. The topological polar surface area (TPSA) is 29.1 Å². The molecule has 0 aliphatic heterocycles. The lowest BCUT2D eigenvalue weighted by Gasteiger charge is -2.29. The SMILES string of the molecule is CCCC1CCC(NC(=O)c2ccc(F)c(C)c2)CC1. The van der Waals surface area contributed by atoms with Gasteiger partial charge < -0.3 is 5.32 Å². The Bertz CT molecular complexity index is 464. The highest BCUT2D eigenvalue weighted by Gasteiger charge is 2.22. The summed E-state index contributed by atoms with van der Waals surface area (Å²) in [5, 5.41) is 3.08. The number of carbonyl (C=O) groups is 1. The van der Waals surface area contributed by atoms with Crippen LogP contribution in [-0.4, -0.2) is 11.9 Å². The van der Waals surface area contributed by atoms with Crippen molar-refractivity contribution < 1.29 is 9.18 Å². The summed E-state index contributed by atoms with van der Waals surface area (Å²) in [7, 11) is 0. The van der Waals surface area contributed by atoms with Gasteiger partial charge in [-0.3, -0.25) is 4.79 Å². The van der Waals surface area contributed by atoms with Gasteiger partial charge in [0.25, 0.3) is 5.91 Å². The van der Waals surface area contributed by atoms with Crippen LogP contribution in [0.25, 0.3) is 0 Å². The molecule has 1 aliphatic rings. The van der Waals surface area contributed by atoms with Gasteiger partial charge in [-0.15, -0.1) is 0 Å². The lowest BCUT2D eigenvalue weighted by molar-refractivity contribution is 0.0921. The molecule has 0 unspecified atom stereocenters. The van der Waals surface area contributed by atoms with Gasteiger partial charge in [0.05, 0.1) is 0 Å². The summed E-state index contributed by atoms with van der Waals surface area (Å²) in [6.07, 6.45) is 7.10. The molecule has 2 rings (SSSR count). The van der Waals surface area contributed by atoms with Gasteiger partial charge in [0.1, 0.15) is 5.82 Å². The average molecular weight is 277 g/mol. The summed E-state index contributed by atoms with van der Waals surface area (Å²) in [6.45, 7) is 3.91. The van der Waals surface area contributed by atoms with Crippen LogP contribution in [0.3, 0.4) is 0 Å². The van der Waals surface area contributed by atoms with E-state index in [2.05, 4.69) is 12.2 Å². The second kappa shape index (κ2) is 6.87. The molecule has 20 heavy (non-hydrogen) atoms. The van der Waals surface area contributed by atoms with Crippen LogP contribution in [0.15, 0.2) is 18.2 Å². The maximum absolute atomic E-state index is 13.2. The second-order valence-electron chi connectivity index (χ2n) is 5.94. The van der Waals surface area contributed by atoms with E-state index in [0.29, 0.717) is 11.1 Å².